The summed E-state index contributed by atoms with van der Waals surface area (Å²) < 4.78 is 29.1. The number of nitrogens with zero attached hydrogens (tertiary/aromatic N) is 2. The fourth-order valence-electron chi connectivity index (χ4n) is 4.08. The van der Waals surface area contributed by atoms with Gasteiger partial charge in [-0.15, -0.1) is 0 Å². The van der Waals surface area contributed by atoms with Crippen molar-refractivity contribution in [3.05, 3.63) is 79.0 Å². The maximum atomic E-state index is 13.7. The Bertz CT molecular complexity index is 1520. The van der Waals surface area contributed by atoms with Crippen molar-refractivity contribution in [1.29, 1.82) is 0 Å². The lowest BCUT2D eigenvalue weighted by Crippen LogP contribution is -2.39. The van der Waals surface area contributed by atoms with Crippen molar-refractivity contribution in [1.82, 2.24) is 4.57 Å². The highest BCUT2D eigenvalue weighted by Gasteiger charge is 2.31. The van der Waals surface area contributed by atoms with Gasteiger partial charge in [0.15, 0.2) is 27.8 Å². The molecule has 2 heterocycles. The molecule has 1 aromatic heterocycles. The number of esters is 1. The summed E-state index contributed by atoms with van der Waals surface area (Å²) >= 11 is 1.23. The van der Waals surface area contributed by atoms with E-state index in [-0.39, 0.29) is 11.1 Å². The Hall–Kier alpha value is -4.05. The molecule has 10 heteroatoms. The van der Waals surface area contributed by atoms with Gasteiger partial charge in [0.1, 0.15) is 0 Å². The first-order valence-corrected chi connectivity index (χ1v) is 12.5. The predicted octanol–water partition coefficient (Wildman–Crippen LogP) is 2.83. The van der Waals surface area contributed by atoms with E-state index in [1.165, 1.54) is 29.2 Å². The molecular formula is C27H28N2O7S. The van der Waals surface area contributed by atoms with E-state index >= 15 is 0 Å². The molecule has 37 heavy (non-hydrogen) atoms. The van der Waals surface area contributed by atoms with Crippen LogP contribution in [0.25, 0.3) is 6.08 Å². The summed E-state index contributed by atoms with van der Waals surface area (Å²) in [5.74, 6) is 1.67. The molecule has 0 N–H and O–H groups in total. The highest BCUT2D eigenvalue weighted by molar-refractivity contribution is 7.07. The highest BCUT2D eigenvalue weighted by Crippen LogP contribution is 2.35. The zero-order valence-corrected chi connectivity index (χ0v) is 22.1. The average Bonchev–Trinajstić information content (AvgIpc) is 3.23. The zero-order valence-electron chi connectivity index (χ0n) is 21.3. The fourth-order valence-corrected chi connectivity index (χ4v) is 5.05. The third-order valence-electron chi connectivity index (χ3n) is 5.71. The van der Waals surface area contributed by atoms with E-state index in [1.807, 2.05) is 26.0 Å². The number of rotatable bonds is 9. The van der Waals surface area contributed by atoms with Gasteiger partial charge in [-0.2, -0.15) is 0 Å². The zero-order chi connectivity index (χ0) is 26.5. The Balaban J connectivity index is 1.89. The summed E-state index contributed by atoms with van der Waals surface area (Å²) in [5, 5.41) is 0. The average molecular weight is 525 g/mol. The lowest BCUT2D eigenvalue weighted by molar-refractivity contribution is -0.136. The van der Waals surface area contributed by atoms with Crippen LogP contribution in [0.3, 0.4) is 0 Å². The van der Waals surface area contributed by atoms with Crippen LogP contribution in [-0.4, -0.2) is 45.1 Å². The molecule has 1 aliphatic heterocycles. The molecule has 1 atom stereocenters. The van der Waals surface area contributed by atoms with Crippen molar-refractivity contribution in [2.45, 2.75) is 19.9 Å². The molecule has 1 aliphatic rings. The highest BCUT2D eigenvalue weighted by atomic mass is 32.1. The molecule has 0 fully saturated rings. The van der Waals surface area contributed by atoms with Crippen LogP contribution in [-0.2, 0) is 9.53 Å². The standard InChI is InChI=1S/C27H28N2O7S/c1-6-35-20-11-9-17(14-22(20)36-7-2)24-18(26(31)34-5)15-28-27-29(24)25(30)23(37-27)13-16-8-10-19(32-3)21(12-16)33-4/h8-15,24H,6-7H2,1-5H3/b23-13-/t24-/m1/s1. The molecular weight excluding hydrogens is 496 g/mol. The molecule has 3 aromatic rings. The Morgan fingerprint density at radius 2 is 1.68 bits per heavy atom. The van der Waals surface area contributed by atoms with Crippen molar-refractivity contribution in [2.75, 3.05) is 34.5 Å². The van der Waals surface area contributed by atoms with Gasteiger partial charge in [-0.1, -0.05) is 23.5 Å². The fraction of sp³-hybridized carbons (Fsp3) is 0.296. The number of methoxy groups -OCH3 is 3. The summed E-state index contributed by atoms with van der Waals surface area (Å²) in [5.41, 5.74) is 1.37. The number of ether oxygens (including phenoxy) is 5. The number of fused-ring (bicyclic) bond motifs is 1. The lowest BCUT2D eigenvalue weighted by atomic mass is 9.97. The van der Waals surface area contributed by atoms with Gasteiger partial charge in [-0.05, 0) is 55.3 Å². The molecule has 2 aromatic carbocycles. The summed E-state index contributed by atoms with van der Waals surface area (Å²) in [4.78, 5) is 31.3. The molecule has 4 rings (SSSR count). The third-order valence-corrected chi connectivity index (χ3v) is 6.71. The van der Waals surface area contributed by atoms with E-state index in [0.29, 0.717) is 51.1 Å². The van der Waals surface area contributed by atoms with Crippen molar-refractivity contribution in [3.8, 4) is 23.0 Å². The molecule has 0 saturated heterocycles. The number of aromatic nitrogens is 1. The summed E-state index contributed by atoms with van der Waals surface area (Å²) in [6.45, 7) is 4.66. The normalized spacial score (nSPS) is 14.8. The quantitative estimate of drug-likeness (QED) is 0.397. The van der Waals surface area contributed by atoms with Crippen LogP contribution in [0.4, 0.5) is 0 Å². The summed E-state index contributed by atoms with van der Waals surface area (Å²) in [7, 11) is 4.41. The molecule has 0 unspecified atom stereocenters. The van der Waals surface area contributed by atoms with Crippen LogP contribution in [0.5, 0.6) is 23.0 Å². The van der Waals surface area contributed by atoms with Crippen LogP contribution >= 0.6 is 11.3 Å². The van der Waals surface area contributed by atoms with Crippen LogP contribution < -0.4 is 33.8 Å². The number of carbonyl (C=O) groups is 1. The van der Waals surface area contributed by atoms with E-state index in [9.17, 15) is 9.59 Å². The smallest absolute Gasteiger partial charge is 0.337 e. The molecule has 0 bridgehead atoms. The second-order valence-corrected chi connectivity index (χ2v) is 8.87. The van der Waals surface area contributed by atoms with Gasteiger partial charge in [0.2, 0.25) is 0 Å². The molecule has 0 aliphatic carbocycles. The van der Waals surface area contributed by atoms with Gasteiger partial charge in [-0.25, -0.2) is 9.79 Å². The summed E-state index contributed by atoms with van der Waals surface area (Å²) in [6, 6.07) is 10.0. The minimum Gasteiger partial charge on any atom is -0.493 e. The minimum absolute atomic E-state index is 0.235. The number of hydrogen-bond donors (Lipinski definition) is 0. The molecule has 0 radical (unpaired) electrons. The molecule has 0 amide bonds. The first-order chi connectivity index (χ1) is 17.9. The van der Waals surface area contributed by atoms with E-state index in [2.05, 4.69) is 4.99 Å². The van der Waals surface area contributed by atoms with Gasteiger partial charge >= 0.3 is 5.97 Å². The number of hydrogen-bond acceptors (Lipinski definition) is 9. The second kappa shape index (κ2) is 11.3. The Kier molecular flexibility index (Phi) is 7.98. The Morgan fingerprint density at radius 3 is 2.35 bits per heavy atom. The molecule has 0 spiro atoms. The van der Waals surface area contributed by atoms with Crippen molar-refractivity contribution in [2.24, 2.45) is 4.99 Å². The topological polar surface area (TPSA) is 97.6 Å². The lowest BCUT2D eigenvalue weighted by Gasteiger charge is -2.23. The van der Waals surface area contributed by atoms with Crippen LogP contribution in [0.15, 0.2) is 58.0 Å². The Morgan fingerprint density at radius 1 is 0.973 bits per heavy atom. The van der Waals surface area contributed by atoms with Crippen LogP contribution in [0, 0.1) is 0 Å². The predicted molar refractivity (Wildman–Crippen MR) is 139 cm³/mol. The number of benzene rings is 2. The molecule has 194 valence electrons. The van der Waals surface area contributed by atoms with E-state index in [1.54, 1.807) is 44.6 Å². The van der Waals surface area contributed by atoms with Crippen molar-refractivity contribution >= 4 is 23.4 Å². The first kappa shape index (κ1) is 26.0. The van der Waals surface area contributed by atoms with Crippen LogP contribution in [0.2, 0.25) is 0 Å². The number of carbonyl (C=O) groups excluding carboxylic acids is 1. The summed E-state index contributed by atoms with van der Waals surface area (Å²) in [6.07, 6.45) is 3.22. The first-order valence-electron chi connectivity index (χ1n) is 11.7. The largest absolute Gasteiger partial charge is 0.493 e. The monoisotopic (exact) mass is 524 g/mol. The van der Waals surface area contributed by atoms with Gasteiger partial charge < -0.3 is 23.7 Å². The van der Waals surface area contributed by atoms with E-state index < -0.39 is 12.0 Å². The maximum Gasteiger partial charge on any atom is 0.337 e. The Labute approximate surface area is 217 Å². The van der Waals surface area contributed by atoms with E-state index in [4.69, 9.17) is 23.7 Å². The third kappa shape index (κ3) is 5.10. The SMILES string of the molecule is CCOc1ccc([C@@H]2C(C(=O)OC)=CN=c3s/c(=C\c4ccc(OC)c(OC)c4)c(=O)n32)cc1OCC. The van der Waals surface area contributed by atoms with Gasteiger partial charge in [-0.3, -0.25) is 9.36 Å². The van der Waals surface area contributed by atoms with Gasteiger partial charge in [0, 0.05) is 6.20 Å². The maximum absolute atomic E-state index is 13.7. The minimum atomic E-state index is -0.758. The molecule has 0 saturated carbocycles. The number of thiazole rings is 1. The van der Waals surface area contributed by atoms with Crippen molar-refractivity contribution in [3.63, 3.8) is 0 Å². The van der Waals surface area contributed by atoms with E-state index in [0.717, 1.165) is 5.56 Å². The van der Waals surface area contributed by atoms with Crippen LogP contribution in [0.1, 0.15) is 31.0 Å². The molecule has 9 nitrogen and oxygen atoms in total. The second-order valence-electron chi connectivity index (χ2n) is 7.86. The van der Waals surface area contributed by atoms with Crippen molar-refractivity contribution < 1.29 is 28.5 Å². The van der Waals surface area contributed by atoms with Gasteiger partial charge in [0.05, 0.1) is 50.7 Å². The van der Waals surface area contributed by atoms with Gasteiger partial charge in [0.25, 0.3) is 5.56 Å².